The van der Waals surface area contributed by atoms with Gasteiger partial charge in [-0.25, -0.2) is 4.98 Å². The number of aromatic nitrogens is 2. The fraction of sp³-hybridized carbons (Fsp3) is 0.312. The minimum absolute atomic E-state index is 0.164. The van der Waals surface area contributed by atoms with Gasteiger partial charge >= 0.3 is 0 Å². The Bertz CT molecular complexity index is 753. The Balaban J connectivity index is 1.78. The number of nitrogens with one attached hydrogen (secondary N) is 4. The third-order valence-electron chi connectivity index (χ3n) is 3.73. The molecule has 126 valence electrons. The molecule has 0 unspecified atom stereocenters. The largest absolute Gasteiger partial charge is 0.341 e. The molecule has 0 saturated heterocycles. The molecule has 1 aromatic heterocycles. The number of aromatic amines is 1. The number of thioether (sulfide) groups is 1. The SMILES string of the molecule is CSCC[C@H](NC(=O)C1=CCC(=O)NN1)c1nc2ccccc2[nH]1. The van der Waals surface area contributed by atoms with Crippen LogP contribution in [0.2, 0.25) is 0 Å². The van der Waals surface area contributed by atoms with E-state index in [1.165, 1.54) is 0 Å². The van der Waals surface area contributed by atoms with Crippen LogP contribution in [0.3, 0.4) is 0 Å². The van der Waals surface area contributed by atoms with Gasteiger partial charge in [0.1, 0.15) is 11.5 Å². The maximum atomic E-state index is 12.4. The quantitative estimate of drug-likeness (QED) is 0.634. The maximum absolute atomic E-state index is 12.4. The van der Waals surface area contributed by atoms with Gasteiger partial charge in [-0.3, -0.25) is 20.4 Å². The smallest absolute Gasteiger partial charge is 0.269 e. The van der Waals surface area contributed by atoms with Crippen molar-refractivity contribution in [3.05, 3.63) is 41.9 Å². The minimum Gasteiger partial charge on any atom is -0.341 e. The van der Waals surface area contributed by atoms with Crippen molar-refractivity contribution in [2.75, 3.05) is 12.0 Å². The Morgan fingerprint density at radius 1 is 1.38 bits per heavy atom. The highest BCUT2D eigenvalue weighted by atomic mass is 32.2. The van der Waals surface area contributed by atoms with Crippen LogP contribution >= 0.6 is 11.8 Å². The molecule has 2 aromatic rings. The summed E-state index contributed by atoms with van der Waals surface area (Å²) in [5.74, 6) is 1.20. The predicted octanol–water partition coefficient (Wildman–Crippen LogP) is 1.38. The van der Waals surface area contributed by atoms with Crippen LogP contribution in [-0.4, -0.2) is 33.8 Å². The van der Waals surface area contributed by atoms with Gasteiger partial charge < -0.3 is 10.3 Å². The van der Waals surface area contributed by atoms with Crippen molar-refractivity contribution < 1.29 is 9.59 Å². The van der Waals surface area contributed by atoms with Crippen LogP contribution < -0.4 is 16.2 Å². The van der Waals surface area contributed by atoms with Gasteiger partial charge in [-0.2, -0.15) is 11.8 Å². The van der Waals surface area contributed by atoms with Crippen molar-refractivity contribution in [2.24, 2.45) is 0 Å². The second-order valence-electron chi connectivity index (χ2n) is 5.44. The number of rotatable bonds is 6. The Morgan fingerprint density at radius 3 is 2.92 bits per heavy atom. The number of hydrogen-bond donors (Lipinski definition) is 4. The zero-order chi connectivity index (χ0) is 16.9. The third-order valence-corrected chi connectivity index (χ3v) is 4.37. The molecule has 0 spiro atoms. The summed E-state index contributed by atoms with van der Waals surface area (Å²) in [6.45, 7) is 0. The topological polar surface area (TPSA) is 98.9 Å². The van der Waals surface area contributed by atoms with Crippen molar-refractivity contribution in [3.8, 4) is 0 Å². The lowest BCUT2D eigenvalue weighted by Gasteiger charge is -2.20. The Labute approximate surface area is 143 Å². The lowest BCUT2D eigenvalue weighted by molar-refractivity contribution is -0.122. The number of para-hydroxylation sites is 2. The molecule has 0 saturated carbocycles. The van der Waals surface area contributed by atoms with Gasteiger partial charge in [-0.15, -0.1) is 0 Å². The molecule has 1 aliphatic rings. The van der Waals surface area contributed by atoms with Crippen LogP contribution in [0, 0.1) is 0 Å². The number of carbonyl (C=O) groups excluding carboxylic acids is 2. The van der Waals surface area contributed by atoms with Crippen molar-refractivity contribution in [1.29, 1.82) is 0 Å². The zero-order valence-electron chi connectivity index (χ0n) is 13.3. The fourth-order valence-electron chi connectivity index (χ4n) is 2.47. The monoisotopic (exact) mass is 345 g/mol. The molecule has 24 heavy (non-hydrogen) atoms. The summed E-state index contributed by atoms with van der Waals surface area (Å²) in [5, 5.41) is 2.99. The molecule has 3 rings (SSSR count). The number of benzene rings is 1. The van der Waals surface area contributed by atoms with Gasteiger partial charge in [-0.05, 0) is 36.6 Å². The molecule has 0 radical (unpaired) electrons. The van der Waals surface area contributed by atoms with Gasteiger partial charge in [0.15, 0.2) is 0 Å². The minimum atomic E-state index is -0.262. The van der Waals surface area contributed by atoms with Crippen molar-refractivity contribution >= 4 is 34.6 Å². The highest BCUT2D eigenvalue weighted by molar-refractivity contribution is 7.98. The lowest BCUT2D eigenvalue weighted by atomic mass is 10.2. The van der Waals surface area contributed by atoms with Crippen LogP contribution in [0.1, 0.15) is 24.7 Å². The number of carbonyl (C=O) groups is 2. The molecule has 2 amide bonds. The van der Waals surface area contributed by atoms with E-state index >= 15 is 0 Å². The lowest BCUT2D eigenvalue weighted by Crippen LogP contribution is -2.45. The first-order valence-electron chi connectivity index (χ1n) is 7.67. The normalized spacial score (nSPS) is 15.4. The molecular formula is C16H19N5O2S. The van der Waals surface area contributed by atoms with Gasteiger partial charge in [0.2, 0.25) is 5.91 Å². The number of imidazole rings is 1. The number of H-pyrrole nitrogens is 1. The molecule has 8 heteroatoms. The predicted molar refractivity (Wildman–Crippen MR) is 94.0 cm³/mol. The molecule has 7 nitrogen and oxygen atoms in total. The summed E-state index contributed by atoms with van der Waals surface area (Å²) in [6.07, 6.45) is 4.55. The van der Waals surface area contributed by atoms with Crippen molar-refractivity contribution in [2.45, 2.75) is 18.9 Å². The van der Waals surface area contributed by atoms with Crippen molar-refractivity contribution in [3.63, 3.8) is 0 Å². The summed E-state index contributed by atoms with van der Waals surface area (Å²) in [6, 6.07) is 7.54. The Morgan fingerprint density at radius 2 is 2.21 bits per heavy atom. The first kappa shape index (κ1) is 16.4. The van der Waals surface area contributed by atoms with E-state index in [2.05, 4.69) is 26.1 Å². The summed E-state index contributed by atoms with van der Waals surface area (Å²) < 4.78 is 0. The molecule has 2 heterocycles. The number of hydrogen-bond acceptors (Lipinski definition) is 5. The molecule has 0 aliphatic carbocycles. The van der Waals surface area contributed by atoms with E-state index in [0.29, 0.717) is 5.70 Å². The second kappa shape index (κ2) is 7.39. The summed E-state index contributed by atoms with van der Waals surface area (Å²) >= 11 is 1.71. The van der Waals surface area contributed by atoms with Gasteiger partial charge in [0.05, 0.1) is 17.1 Å². The molecule has 1 atom stereocenters. The fourth-order valence-corrected chi connectivity index (χ4v) is 2.94. The van der Waals surface area contributed by atoms with Gasteiger partial charge in [-0.1, -0.05) is 12.1 Å². The van der Waals surface area contributed by atoms with Crippen LogP contribution in [0.4, 0.5) is 0 Å². The molecule has 0 fully saturated rings. The second-order valence-corrected chi connectivity index (χ2v) is 6.43. The number of nitrogens with zero attached hydrogens (tertiary/aromatic N) is 1. The average molecular weight is 345 g/mol. The van der Waals surface area contributed by atoms with Crippen LogP contribution in [0.15, 0.2) is 36.0 Å². The van der Waals surface area contributed by atoms with Crippen molar-refractivity contribution in [1.82, 2.24) is 26.1 Å². The molecule has 1 aromatic carbocycles. The van der Waals surface area contributed by atoms with Crippen LogP contribution in [-0.2, 0) is 9.59 Å². The van der Waals surface area contributed by atoms with E-state index < -0.39 is 0 Å². The number of hydrazine groups is 1. The van der Waals surface area contributed by atoms with E-state index in [4.69, 9.17) is 0 Å². The number of fused-ring (bicyclic) bond motifs is 1. The number of amides is 2. The first-order chi connectivity index (χ1) is 11.7. The van der Waals surface area contributed by atoms with E-state index in [9.17, 15) is 9.59 Å². The van der Waals surface area contributed by atoms with Gasteiger partial charge in [0, 0.05) is 6.42 Å². The van der Waals surface area contributed by atoms with E-state index in [1.54, 1.807) is 17.8 Å². The molecule has 4 N–H and O–H groups in total. The standard InChI is InChI=1S/C16H19N5O2S/c1-24-9-8-12(15-17-10-4-2-3-5-11(10)18-15)19-16(23)13-6-7-14(22)21-20-13/h2-6,12,20H,7-9H2,1H3,(H,17,18)(H,19,23)(H,21,22)/t12-/m0/s1. The third kappa shape index (κ3) is 3.70. The van der Waals surface area contributed by atoms with Gasteiger partial charge in [0.25, 0.3) is 5.91 Å². The van der Waals surface area contributed by atoms with E-state index in [0.717, 1.165) is 29.0 Å². The average Bonchev–Trinajstić information content (AvgIpc) is 3.03. The Kier molecular flexibility index (Phi) is 5.05. The van der Waals surface area contributed by atoms with Crippen LogP contribution in [0.25, 0.3) is 11.0 Å². The van der Waals surface area contributed by atoms with E-state index in [-0.39, 0.29) is 24.3 Å². The summed E-state index contributed by atoms with van der Waals surface area (Å²) in [7, 11) is 0. The molecular weight excluding hydrogens is 326 g/mol. The first-order valence-corrected chi connectivity index (χ1v) is 9.06. The summed E-state index contributed by atoms with van der Waals surface area (Å²) in [5.41, 5.74) is 7.23. The zero-order valence-corrected chi connectivity index (χ0v) is 14.1. The highest BCUT2D eigenvalue weighted by Gasteiger charge is 2.22. The van der Waals surface area contributed by atoms with E-state index in [1.807, 2.05) is 30.5 Å². The summed E-state index contributed by atoms with van der Waals surface area (Å²) in [4.78, 5) is 31.4. The molecule has 0 bridgehead atoms. The highest BCUT2D eigenvalue weighted by Crippen LogP contribution is 2.20. The molecule has 1 aliphatic heterocycles. The maximum Gasteiger partial charge on any atom is 0.269 e. The Hall–Kier alpha value is -2.48. The van der Waals surface area contributed by atoms with Crippen LogP contribution in [0.5, 0.6) is 0 Å².